The Balaban J connectivity index is 1.60. The summed E-state index contributed by atoms with van der Waals surface area (Å²) in [5.74, 6) is 0.904. The molecule has 0 bridgehead atoms. The predicted octanol–water partition coefficient (Wildman–Crippen LogP) is 7.51. The molecular weight excluding hydrogens is 493 g/mol. The van der Waals surface area contributed by atoms with Crippen LogP contribution in [0.1, 0.15) is 69.1 Å². The first-order valence-corrected chi connectivity index (χ1v) is 13.8. The van der Waals surface area contributed by atoms with E-state index < -0.39 is 0 Å². The number of halogens is 1. The van der Waals surface area contributed by atoms with E-state index in [1.54, 1.807) is 19.2 Å². The number of benzene rings is 3. The number of hydrogen-bond donors (Lipinski definition) is 0. The lowest BCUT2D eigenvalue weighted by Gasteiger charge is -2.39. The molecule has 1 aliphatic rings. The highest BCUT2D eigenvalue weighted by atomic mass is 19.1. The van der Waals surface area contributed by atoms with Crippen LogP contribution in [0.25, 0.3) is 11.1 Å². The topological polar surface area (TPSA) is 48.0 Å². The smallest absolute Gasteiger partial charge is 0.306 e. The normalized spacial score (nSPS) is 18.4. The van der Waals surface area contributed by atoms with Crippen LogP contribution in [0.5, 0.6) is 11.5 Å². The Morgan fingerprint density at radius 3 is 2.46 bits per heavy atom. The van der Waals surface area contributed by atoms with Crippen molar-refractivity contribution in [3.8, 4) is 22.6 Å². The maximum Gasteiger partial charge on any atom is 0.306 e. The van der Waals surface area contributed by atoms with Crippen molar-refractivity contribution in [1.29, 1.82) is 0 Å². The minimum atomic E-state index is -0.265. The quantitative estimate of drug-likeness (QED) is 0.252. The van der Waals surface area contributed by atoms with Crippen molar-refractivity contribution in [3.63, 3.8) is 0 Å². The number of carbonyl (C=O) groups is 1. The lowest BCUT2D eigenvalue weighted by atomic mass is 9.93. The Kier molecular flexibility index (Phi) is 9.63. The molecular formula is C33H40FNO4. The van der Waals surface area contributed by atoms with E-state index in [1.807, 2.05) is 43.3 Å². The molecule has 1 saturated heterocycles. The largest absolute Gasteiger partial charge is 0.497 e. The molecule has 0 amide bonds. The summed E-state index contributed by atoms with van der Waals surface area (Å²) in [6.07, 6.45) is 3.89. The molecule has 3 atom stereocenters. The Bertz CT molecular complexity index is 1270. The number of nitrogens with zero attached hydrogens (tertiary/aromatic N) is 1. The summed E-state index contributed by atoms with van der Waals surface area (Å²) in [6, 6.07) is 19.8. The van der Waals surface area contributed by atoms with Gasteiger partial charge in [0, 0.05) is 24.2 Å². The lowest BCUT2D eigenvalue weighted by molar-refractivity contribution is -0.140. The van der Waals surface area contributed by atoms with E-state index in [0.29, 0.717) is 36.4 Å². The van der Waals surface area contributed by atoms with Gasteiger partial charge >= 0.3 is 5.97 Å². The minimum absolute atomic E-state index is 0.0261. The van der Waals surface area contributed by atoms with Crippen LogP contribution in [-0.2, 0) is 22.7 Å². The average Bonchev–Trinajstić information content (AvgIpc) is 2.94. The van der Waals surface area contributed by atoms with E-state index in [0.717, 1.165) is 34.5 Å². The van der Waals surface area contributed by atoms with Crippen LogP contribution in [0.15, 0.2) is 60.7 Å². The van der Waals surface area contributed by atoms with Crippen LogP contribution in [-0.4, -0.2) is 37.2 Å². The highest BCUT2D eigenvalue weighted by Gasteiger charge is 2.26. The van der Waals surface area contributed by atoms with Crippen LogP contribution in [0.4, 0.5) is 4.39 Å². The molecule has 1 heterocycles. The van der Waals surface area contributed by atoms with Crippen LogP contribution < -0.4 is 9.47 Å². The van der Waals surface area contributed by atoms with Crippen molar-refractivity contribution in [2.24, 2.45) is 0 Å². The van der Waals surface area contributed by atoms with Crippen molar-refractivity contribution in [3.05, 3.63) is 83.2 Å². The molecule has 6 heteroatoms. The minimum Gasteiger partial charge on any atom is -0.497 e. The zero-order chi connectivity index (χ0) is 27.9. The van der Waals surface area contributed by atoms with Gasteiger partial charge in [-0.05, 0) is 85.2 Å². The summed E-state index contributed by atoms with van der Waals surface area (Å²) >= 11 is 0. The lowest BCUT2D eigenvalue weighted by Crippen LogP contribution is -2.43. The standard InChI is InChI=1S/C33H40FNO4/c1-22(16-33(36)38-5)26-10-7-11-29(18-26)39-21-25-12-14-30(31-19-28(37-4)13-15-32(31)34)27(17-25)20-35-23(2)8-6-9-24(35)3/h7,10-15,17-19,22-24H,6,8-9,16,20-21H2,1-5H3/t22-,23-,24+/m1/s1. The first-order valence-electron chi connectivity index (χ1n) is 13.8. The number of piperidine rings is 1. The number of ether oxygens (including phenoxy) is 3. The monoisotopic (exact) mass is 533 g/mol. The van der Waals surface area contributed by atoms with Crippen molar-refractivity contribution in [2.45, 2.75) is 77.6 Å². The van der Waals surface area contributed by atoms with Gasteiger partial charge in [-0.15, -0.1) is 0 Å². The van der Waals surface area contributed by atoms with E-state index in [2.05, 4.69) is 24.8 Å². The van der Waals surface area contributed by atoms with Crippen molar-refractivity contribution in [2.75, 3.05) is 14.2 Å². The summed E-state index contributed by atoms with van der Waals surface area (Å²) in [5, 5.41) is 0. The zero-order valence-electron chi connectivity index (χ0n) is 23.7. The molecule has 0 unspecified atom stereocenters. The molecule has 0 spiro atoms. The molecule has 3 aromatic rings. The van der Waals surface area contributed by atoms with Gasteiger partial charge in [0.05, 0.1) is 20.6 Å². The van der Waals surface area contributed by atoms with E-state index in [-0.39, 0.29) is 17.7 Å². The van der Waals surface area contributed by atoms with Crippen molar-refractivity contribution < 1.29 is 23.4 Å². The molecule has 0 aromatic heterocycles. The zero-order valence-corrected chi connectivity index (χ0v) is 23.7. The van der Waals surface area contributed by atoms with Gasteiger partial charge in [-0.25, -0.2) is 4.39 Å². The molecule has 0 radical (unpaired) electrons. The molecule has 39 heavy (non-hydrogen) atoms. The molecule has 3 aromatic carbocycles. The van der Waals surface area contributed by atoms with E-state index in [9.17, 15) is 4.79 Å². The number of methoxy groups -OCH3 is 2. The van der Waals surface area contributed by atoms with E-state index in [1.165, 1.54) is 32.4 Å². The van der Waals surface area contributed by atoms with Gasteiger partial charge in [0.2, 0.25) is 0 Å². The molecule has 4 rings (SSSR count). The average molecular weight is 534 g/mol. The third-order valence-corrected chi connectivity index (χ3v) is 7.90. The molecule has 1 fully saturated rings. The fourth-order valence-electron chi connectivity index (χ4n) is 5.48. The maximum absolute atomic E-state index is 15.1. The Labute approximate surface area is 231 Å². The Morgan fingerprint density at radius 2 is 1.74 bits per heavy atom. The van der Waals surface area contributed by atoms with Gasteiger partial charge in [0.1, 0.15) is 23.9 Å². The predicted molar refractivity (Wildman–Crippen MR) is 153 cm³/mol. The van der Waals surface area contributed by atoms with Gasteiger partial charge in [0.25, 0.3) is 0 Å². The Morgan fingerprint density at radius 1 is 0.974 bits per heavy atom. The Hall–Kier alpha value is -3.38. The SMILES string of the molecule is COC(=O)C[C@@H](C)c1cccc(OCc2ccc(-c3cc(OC)ccc3F)c(CN3[C@H](C)CCC[C@@H]3C)c2)c1. The maximum atomic E-state index is 15.1. The molecule has 1 aliphatic heterocycles. The number of carbonyl (C=O) groups excluding carboxylic acids is 1. The van der Waals surface area contributed by atoms with Crippen molar-refractivity contribution in [1.82, 2.24) is 4.90 Å². The third-order valence-electron chi connectivity index (χ3n) is 7.90. The molecule has 0 aliphatic carbocycles. The van der Waals surface area contributed by atoms with Crippen LogP contribution >= 0.6 is 0 Å². The molecule has 5 nitrogen and oxygen atoms in total. The second kappa shape index (κ2) is 13.1. The highest BCUT2D eigenvalue weighted by Crippen LogP contribution is 2.34. The van der Waals surface area contributed by atoms with Gasteiger partial charge < -0.3 is 14.2 Å². The summed E-state index contributed by atoms with van der Waals surface area (Å²) in [4.78, 5) is 14.2. The first kappa shape index (κ1) is 28.6. The summed E-state index contributed by atoms with van der Waals surface area (Å²) < 4.78 is 31.5. The van der Waals surface area contributed by atoms with Crippen LogP contribution in [0, 0.1) is 5.82 Å². The summed E-state index contributed by atoms with van der Waals surface area (Å²) in [7, 11) is 3.00. The number of esters is 1. The van der Waals surface area contributed by atoms with Gasteiger partial charge in [-0.2, -0.15) is 0 Å². The fourth-order valence-corrected chi connectivity index (χ4v) is 5.48. The second-order valence-electron chi connectivity index (χ2n) is 10.7. The number of likely N-dealkylation sites (tertiary alicyclic amines) is 1. The summed E-state index contributed by atoms with van der Waals surface area (Å²) in [5.41, 5.74) is 4.53. The molecule has 0 N–H and O–H groups in total. The number of hydrogen-bond acceptors (Lipinski definition) is 5. The third kappa shape index (κ3) is 7.18. The van der Waals surface area contributed by atoms with Crippen molar-refractivity contribution >= 4 is 5.97 Å². The second-order valence-corrected chi connectivity index (χ2v) is 10.7. The fraction of sp³-hybridized carbons (Fsp3) is 0.424. The van der Waals surface area contributed by atoms with E-state index >= 15 is 4.39 Å². The number of rotatable bonds is 10. The van der Waals surface area contributed by atoms with E-state index in [4.69, 9.17) is 14.2 Å². The highest BCUT2D eigenvalue weighted by molar-refractivity contribution is 5.71. The van der Waals surface area contributed by atoms with Crippen LogP contribution in [0.3, 0.4) is 0 Å². The summed E-state index contributed by atoms with van der Waals surface area (Å²) in [6.45, 7) is 7.68. The first-order chi connectivity index (χ1) is 18.8. The van der Waals surface area contributed by atoms with Gasteiger partial charge in [-0.3, -0.25) is 9.69 Å². The van der Waals surface area contributed by atoms with Gasteiger partial charge in [0.15, 0.2) is 0 Å². The van der Waals surface area contributed by atoms with Crippen LogP contribution in [0.2, 0.25) is 0 Å². The molecule has 208 valence electrons. The molecule has 0 saturated carbocycles. The van der Waals surface area contributed by atoms with Gasteiger partial charge in [-0.1, -0.05) is 43.7 Å².